The Kier molecular flexibility index (Phi) is 3.43. The van der Waals surface area contributed by atoms with Gasteiger partial charge in [0.1, 0.15) is 12.4 Å². The molecule has 0 amide bonds. The standard InChI is InChI=1S/C11H12N2O3S/c1-8-7-9(10(17-8)11(14)15)16-6-5-13-4-2-3-12-13/h2-4,7H,5-6H2,1H3,(H,14,15). The van der Waals surface area contributed by atoms with Crippen LogP contribution < -0.4 is 4.74 Å². The Labute approximate surface area is 102 Å². The SMILES string of the molecule is Cc1cc(OCCn2cccn2)c(C(=O)O)s1. The van der Waals surface area contributed by atoms with Crippen LogP contribution in [0.15, 0.2) is 24.5 Å². The minimum Gasteiger partial charge on any atom is -0.490 e. The number of nitrogens with zero attached hydrogens (tertiary/aromatic N) is 2. The van der Waals surface area contributed by atoms with Crippen LogP contribution in [0.2, 0.25) is 0 Å². The number of aromatic nitrogens is 2. The summed E-state index contributed by atoms with van der Waals surface area (Å²) in [5, 5.41) is 13.0. The second-order valence-corrected chi connectivity index (χ2v) is 4.73. The van der Waals surface area contributed by atoms with Gasteiger partial charge in [-0.05, 0) is 19.1 Å². The molecular weight excluding hydrogens is 240 g/mol. The number of thiophene rings is 1. The predicted octanol–water partition coefficient (Wildman–Crippen LogP) is 2.03. The largest absolute Gasteiger partial charge is 0.490 e. The highest BCUT2D eigenvalue weighted by Gasteiger charge is 2.14. The smallest absolute Gasteiger partial charge is 0.349 e. The van der Waals surface area contributed by atoms with Gasteiger partial charge >= 0.3 is 5.97 Å². The van der Waals surface area contributed by atoms with Crippen molar-refractivity contribution >= 4 is 17.3 Å². The van der Waals surface area contributed by atoms with Crippen molar-refractivity contribution in [2.75, 3.05) is 6.61 Å². The van der Waals surface area contributed by atoms with E-state index in [0.29, 0.717) is 18.9 Å². The molecule has 0 aliphatic rings. The lowest BCUT2D eigenvalue weighted by Crippen LogP contribution is -2.09. The van der Waals surface area contributed by atoms with Crippen LogP contribution in [0.1, 0.15) is 14.5 Å². The number of rotatable bonds is 5. The first kappa shape index (κ1) is 11.7. The zero-order valence-corrected chi connectivity index (χ0v) is 10.1. The summed E-state index contributed by atoms with van der Waals surface area (Å²) in [4.78, 5) is 12.1. The van der Waals surface area contributed by atoms with Crippen LogP contribution in [0.25, 0.3) is 0 Å². The summed E-state index contributed by atoms with van der Waals surface area (Å²) >= 11 is 1.22. The molecule has 0 radical (unpaired) electrons. The molecule has 0 spiro atoms. The average Bonchev–Trinajstić information content (AvgIpc) is 2.88. The molecule has 0 saturated heterocycles. The molecule has 0 aliphatic heterocycles. The third-order valence-electron chi connectivity index (χ3n) is 2.15. The molecule has 2 aromatic rings. The number of hydrogen-bond donors (Lipinski definition) is 1. The van der Waals surface area contributed by atoms with Gasteiger partial charge in [0.15, 0.2) is 4.88 Å². The highest BCUT2D eigenvalue weighted by Crippen LogP contribution is 2.28. The van der Waals surface area contributed by atoms with Gasteiger partial charge < -0.3 is 9.84 Å². The van der Waals surface area contributed by atoms with E-state index in [4.69, 9.17) is 9.84 Å². The first-order valence-corrected chi connectivity index (χ1v) is 5.92. The summed E-state index contributed by atoms with van der Waals surface area (Å²) < 4.78 is 7.20. The van der Waals surface area contributed by atoms with Gasteiger partial charge in [-0.2, -0.15) is 5.10 Å². The molecule has 0 bridgehead atoms. The van der Waals surface area contributed by atoms with E-state index in [-0.39, 0.29) is 4.88 Å². The molecule has 2 rings (SSSR count). The van der Waals surface area contributed by atoms with Crippen LogP contribution in [0.3, 0.4) is 0 Å². The Balaban J connectivity index is 1.96. The molecular formula is C11H12N2O3S. The van der Waals surface area contributed by atoms with Crippen LogP contribution in [-0.2, 0) is 6.54 Å². The van der Waals surface area contributed by atoms with E-state index in [2.05, 4.69) is 5.10 Å². The highest BCUT2D eigenvalue weighted by atomic mass is 32.1. The summed E-state index contributed by atoms with van der Waals surface area (Å²) in [6.45, 7) is 2.86. The fourth-order valence-corrected chi connectivity index (χ4v) is 2.22. The first-order valence-electron chi connectivity index (χ1n) is 5.11. The van der Waals surface area contributed by atoms with Gasteiger partial charge in [-0.3, -0.25) is 4.68 Å². The Morgan fingerprint density at radius 2 is 2.47 bits per heavy atom. The third kappa shape index (κ3) is 2.85. The lowest BCUT2D eigenvalue weighted by atomic mass is 10.4. The molecule has 0 saturated carbocycles. The molecule has 90 valence electrons. The Hall–Kier alpha value is -1.82. The van der Waals surface area contributed by atoms with Crippen LogP contribution in [0, 0.1) is 6.92 Å². The van der Waals surface area contributed by atoms with E-state index < -0.39 is 5.97 Å². The average molecular weight is 252 g/mol. The van der Waals surface area contributed by atoms with E-state index in [1.165, 1.54) is 11.3 Å². The van der Waals surface area contributed by atoms with Gasteiger partial charge in [0.05, 0.1) is 6.54 Å². The number of carboxylic acid groups (broad SMARTS) is 1. The normalized spacial score (nSPS) is 10.4. The molecule has 2 aromatic heterocycles. The summed E-state index contributed by atoms with van der Waals surface area (Å²) in [5.74, 6) is -0.510. The molecule has 0 fully saturated rings. The zero-order valence-electron chi connectivity index (χ0n) is 9.29. The fraction of sp³-hybridized carbons (Fsp3) is 0.273. The van der Waals surface area contributed by atoms with Gasteiger partial charge in [0, 0.05) is 17.3 Å². The van der Waals surface area contributed by atoms with Gasteiger partial charge in [0.2, 0.25) is 0 Å². The molecule has 0 atom stereocenters. The molecule has 0 unspecified atom stereocenters. The van der Waals surface area contributed by atoms with E-state index in [1.807, 2.05) is 19.2 Å². The molecule has 2 heterocycles. The van der Waals surface area contributed by atoms with E-state index in [1.54, 1.807) is 16.9 Å². The van der Waals surface area contributed by atoms with Gasteiger partial charge in [0.25, 0.3) is 0 Å². The molecule has 17 heavy (non-hydrogen) atoms. The molecule has 1 N–H and O–H groups in total. The van der Waals surface area contributed by atoms with Crippen molar-refractivity contribution < 1.29 is 14.6 Å². The molecule has 0 aliphatic carbocycles. The summed E-state index contributed by atoms with van der Waals surface area (Å²) in [5.41, 5.74) is 0. The number of aromatic carboxylic acids is 1. The lowest BCUT2D eigenvalue weighted by molar-refractivity contribution is 0.0698. The zero-order chi connectivity index (χ0) is 12.3. The fourth-order valence-electron chi connectivity index (χ4n) is 1.43. The van der Waals surface area contributed by atoms with Crippen LogP contribution in [0.4, 0.5) is 0 Å². The van der Waals surface area contributed by atoms with E-state index in [9.17, 15) is 4.79 Å². The van der Waals surface area contributed by atoms with Gasteiger partial charge in [-0.1, -0.05) is 0 Å². The monoisotopic (exact) mass is 252 g/mol. The number of ether oxygens (including phenoxy) is 1. The third-order valence-corrected chi connectivity index (χ3v) is 3.17. The summed E-state index contributed by atoms with van der Waals surface area (Å²) in [7, 11) is 0. The second-order valence-electron chi connectivity index (χ2n) is 3.47. The maximum absolute atomic E-state index is 10.9. The van der Waals surface area contributed by atoms with Crippen LogP contribution in [-0.4, -0.2) is 27.5 Å². The Bertz CT molecular complexity index is 505. The van der Waals surface area contributed by atoms with Crippen molar-refractivity contribution in [2.45, 2.75) is 13.5 Å². The lowest BCUT2D eigenvalue weighted by Gasteiger charge is -2.05. The predicted molar refractivity (Wildman–Crippen MR) is 63.7 cm³/mol. The molecule has 0 aromatic carbocycles. The number of carbonyl (C=O) groups is 1. The minimum absolute atomic E-state index is 0.253. The van der Waals surface area contributed by atoms with Crippen molar-refractivity contribution in [1.29, 1.82) is 0 Å². The molecule has 6 heteroatoms. The maximum Gasteiger partial charge on any atom is 0.349 e. The first-order chi connectivity index (χ1) is 8.16. The number of hydrogen-bond acceptors (Lipinski definition) is 4. The van der Waals surface area contributed by atoms with E-state index in [0.717, 1.165) is 4.88 Å². The molecule has 5 nitrogen and oxygen atoms in total. The number of carboxylic acids is 1. The van der Waals surface area contributed by atoms with Crippen molar-refractivity contribution in [3.63, 3.8) is 0 Å². The van der Waals surface area contributed by atoms with Crippen molar-refractivity contribution in [1.82, 2.24) is 9.78 Å². The van der Waals surface area contributed by atoms with Crippen LogP contribution in [0.5, 0.6) is 5.75 Å². The topological polar surface area (TPSA) is 64.4 Å². The number of aryl methyl sites for hydroxylation is 1. The summed E-state index contributed by atoms with van der Waals surface area (Å²) in [6.07, 6.45) is 3.53. The Morgan fingerprint density at radius 3 is 3.12 bits per heavy atom. The highest BCUT2D eigenvalue weighted by molar-refractivity contribution is 7.14. The van der Waals surface area contributed by atoms with Crippen molar-refractivity contribution in [2.24, 2.45) is 0 Å². The summed E-state index contributed by atoms with van der Waals surface area (Å²) in [6, 6.07) is 3.58. The van der Waals surface area contributed by atoms with E-state index >= 15 is 0 Å². The van der Waals surface area contributed by atoms with Gasteiger partial charge in [-0.25, -0.2) is 4.79 Å². The van der Waals surface area contributed by atoms with Crippen LogP contribution >= 0.6 is 11.3 Å². The quantitative estimate of drug-likeness (QED) is 0.884. The van der Waals surface area contributed by atoms with Gasteiger partial charge in [-0.15, -0.1) is 11.3 Å². The second kappa shape index (κ2) is 5.01. The maximum atomic E-state index is 10.9. The minimum atomic E-state index is -0.947. The van der Waals surface area contributed by atoms with Crippen molar-refractivity contribution in [3.05, 3.63) is 34.3 Å². The van der Waals surface area contributed by atoms with Crippen molar-refractivity contribution in [3.8, 4) is 5.75 Å². The Morgan fingerprint density at radius 1 is 1.65 bits per heavy atom.